The highest BCUT2D eigenvalue weighted by Gasteiger charge is 2.35. The molecule has 0 spiro atoms. The van der Waals surface area contributed by atoms with Crippen molar-refractivity contribution in [1.82, 2.24) is 15.1 Å². The predicted molar refractivity (Wildman–Crippen MR) is 68.4 cm³/mol. The maximum atomic E-state index is 12.3. The van der Waals surface area contributed by atoms with E-state index in [1.54, 1.807) is 4.68 Å². The molecule has 0 aromatic carbocycles. The molecular weight excluding hydrogens is 230 g/mol. The fourth-order valence-electron chi connectivity index (χ4n) is 2.78. The highest BCUT2D eigenvalue weighted by Crippen LogP contribution is 2.29. The van der Waals surface area contributed by atoms with Gasteiger partial charge in [0.05, 0.1) is 23.4 Å². The van der Waals surface area contributed by atoms with E-state index < -0.39 is 5.54 Å². The summed E-state index contributed by atoms with van der Waals surface area (Å²) in [6.07, 6.45) is 3.83. The molecule has 1 amide bonds. The monoisotopic (exact) mass is 251 g/mol. The molecule has 0 saturated heterocycles. The lowest BCUT2D eigenvalue weighted by Gasteiger charge is -2.28. The van der Waals surface area contributed by atoms with E-state index in [9.17, 15) is 9.90 Å². The number of carbonyl (C=O) groups is 1. The van der Waals surface area contributed by atoms with E-state index in [4.69, 9.17) is 0 Å². The first kappa shape index (κ1) is 13.1. The number of nitrogens with one attached hydrogen (secondary N) is 1. The summed E-state index contributed by atoms with van der Waals surface area (Å²) in [5, 5.41) is 16.8. The second-order valence-corrected chi connectivity index (χ2v) is 5.27. The van der Waals surface area contributed by atoms with Crippen LogP contribution in [-0.4, -0.2) is 32.9 Å². The molecule has 2 rings (SSSR count). The van der Waals surface area contributed by atoms with Crippen molar-refractivity contribution < 1.29 is 9.90 Å². The van der Waals surface area contributed by atoms with Crippen LogP contribution in [0.3, 0.4) is 0 Å². The van der Waals surface area contributed by atoms with Crippen LogP contribution in [0, 0.1) is 13.8 Å². The molecule has 0 unspecified atom stereocenters. The van der Waals surface area contributed by atoms with E-state index in [1.165, 1.54) is 0 Å². The summed E-state index contributed by atoms with van der Waals surface area (Å²) in [5.41, 5.74) is 1.80. The summed E-state index contributed by atoms with van der Waals surface area (Å²) in [6, 6.07) is 0. The van der Waals surface area contributed by atoms with Gasteiger partial charge in [-0.05, 0) is 26.7 Å². The molecule has 1 fully saturated rings. The Balaban J connectivity index is 2.21. The first-order valence-corrected chi connectivity index (χ1v) is 6.43. The average molecular weight is 251 g/mol. The van der Waals surface area contributed by atoms with Crippen LogP contribution in [0.4, 0.5) is 0 Å². The number of amides is 1. The van der Waals surface area contributed by atoms with Crippen molar-refractivity contribution in [3.63, 3.8) is 0 Å². The summed E-state index contributed by atoms with van der Waals surface area (Å²) < 4.78 is 1.71. The van der Waals surface area contributed by atoms with Gasteiger partial charge < -0.3 is 10.4 Å². The highest BCUT2D eigenvalue weighted by atomic mass is 16.3. The zero-order valence-corrected chi connectivity index (χ0v) is 11.3. The smallest absolute Gasteiger partial charge is 0.255 e. The van der Waals surface area contributed by atoms with Crippen LogP contribution in [-0.2, 0) is 7.05 Å². The van der Waals surface area contributed by atoms with Gasteiger partial charge in [-0.3, -0.25) is 9.48 Å². The lowest BCUT2D eigenvalue weighted by molar-refractivity contribution is 0.0837. The van der Waals surface area contributed by atoms with Gasteiger partial charge >= 0.3 is 0 Å². The second-order valence-electron chi connectivity index (χ2n) is 5.27. The fraction of sp³-hybridized carbons (Fsp3) is 0.692. The molecule has 1 aromatic heterocycles. The van der Waals surface area contributed by atoms with Crippen molar-refractivity contribution in [3.05, 3.63) is 17.0 Å². The van der Waals surface area contributed by atoms with E-state index in [0.29, 0.717) is 5.56 Å². The number of rotatable bonds is 3. The van der Waals surface area contributed by atoms with E-state index in [2.05, 4.69) is 10.4 Å². The lowest BCUT2D eigenvalue weighted by atomic mass is 9.98. The van der Waals surface area contributed by atoms with Gasteiger partial charge in [-0.25, -0.2) is 0 Å². The van der Waals surface area contributed by atoms with Crippen LogP contribution >= 0.6 is 0 Å². The van der Waals surface area contributed by atoms with Crippen LogP contribution in [0.2, 0.25) is 0 Å². The van der Waals surface area contributed by atoms with Gasteiger partial charge in [-0.2, -0.15) is 5.10 Å². The standard InChI is InChI=1S/C13H21N3O2/c1-9-11(10(2)16(3)15-9)12(18)14-13(8-17)6-4-5-7-13/h17H,4-8H2,1-3H3,(H,14,18). The SMILES string of the molecule is Cc1nn(C)c(C)c1C(=O)NC1(CO)CCCC1. The predicted octanol–water partition coefficient (Wildman–Crippen LogP) is 1.07. The van der Waals surface area contributed by atoms with E-state index in [0.717, 1.165) is 37.1 Å². The number of carbonyl (C=O) groups excluding carboxylic acids is 1. The Kier molecular flexibility index (Phi) is 3.43. The molecule has 5 nitrogen and oxygen atoms in total. The number of hydrogen-bond donors (Lipinski definition) is 2. The normalized spacial score (nSPS) is 18.0. The van der Waals surface area contributed by atoms with Gasteiger partial charge in [0.25, 0.3) is 5.91 Å². The van der Waals surface area contributed by atoms with Crippen LogP contribution in [0.15, 0.2) is 0 Å². The van der Waals surface area contributed by atoms with Gasteiger partial charge in [0.15, 0.2) is 0 Å². The van der Waals surface area contributed by atoms with Gasteiger partial charge in [0.2, 0.25) is 0 Å². The minimum atomic E-state index is -0.425. The topological polar surface area (TPSA) is 67.2 Å². The van der Waals surface area contributed by atoms with Crippen molar-refractivity contribution in [2.45, 2.75) is 45.1 Å². The van der Waals surface area contributed by atoms with Gasteiger partial charge in [0, 0.05) is 12.7 Å². The van der Waals surface area contributed by atoms with Gasteiger partial charge in [0.1, 0.15) is 0 Å². The average Bonchev–Trinajstić information content (AvgIpc) is 2.86. The number of aliphatic hydroxyl groups excluding tert-OH is 1. The first-order valence-electron chi connectivity index (χ1n) is 6.43. The molecule has 5 heteroatoms. The molecular formula is C13H21N3O2. The molecule has 100 valence electrons. The van der Waals surface area contributed by atoms with Crippen molar-refractivity contribution in [3.8, 4) is 0 Å². The van der Waals surface area contributed by atoms with Crippen LogP contribution in [0.25, 0.3) is 0 Å². The van der Waals surface area contributed by atoms with Crippen molar-refractivity contribution in [2.24, 2.45) is 7.05 Å². The third-order valence-corrected chi connectivity index (χ3v) is 3.98. The van der Waals surface area contributed by atoms with Crippen molar-refractivity contribution >= 4 is 5.91 Å². The maximum absolute atomic E-state index is 12.3. The largest absolute Gasteiger partial charge is 0.394 e. The third kappa shape index (κ3) is 2.14. The number of aromatic nitrogens is 2. The molecule has 1 aromatic rings. The Morgan fingerprint density at radius 2 is 2.06 bits per heavy atom. The van der Waals surface area contributed by atoms with E-state index in [-0.39, 0.29) is 12.5 Å². The van der Waals surface area contributed by atoms with Crippen molar-refractivity contribution in [2.75, 3.05) is 6.61 Å². The quantitative estimate of drug-likeness (QED) is 0.844. The zero-order valence-electron chi connectivity index (χ0n) is 11.3. The molecule has 0 atom stereocenters. The minimum absolute atomic E-state index is 0.0110. The minimum Gasteiger partial charge on any atom is -0.394 e. The number of hydrogen-bond acceptors (Lipinski definition) is 3. The molecule has 0 bridgehead atoms. The van der Waals surface area contributed by atoms with Crippen LogP contribution in [0.5, 0.6) is 0 Å². The molecule has 2 N–H and O–H groups in total. The summed E-state index contributed by atoms with van der Waals surface area (Å²) in [4.78, 5) is 12.3. The molecule has 1 saturated carbocycles. The first-order chi connectivity index (χ1) is 8.49. The Morgan fingerprint density at radius 3 is 2.50 bits per heavy atom. The lowest BCUT2D eigenvalue weighted by Crippen LogP contribution is -2.49. The number of aryl methyl sites for hydroxylation is 2. The Bertz CT molecular complexity index is 459. The summed E-state index contributed by atoms with van der Waals surface area (Å²) in [7, 11) is 1.83. The van der Waals surface area contributed by atoms with E-state index in [1.807, 2.05) is 20.9 Å². The molecule has 1 aliphatic carbocycles. The summed E-state index contributed by atoms with van der Waals surface area (Å²) >= 11 is 0. The summed E-state index contributed by atoms with van der Waals surface area (Å²) in [6.45, 7) is 3.73. The Labute approximate surface area is 107 Å². The molecule has 0 aliphatic heterocycles. The maximum Gasteiger partial charge on any atom is 0.255 e. The Hall–Kier alpha value is -1.36. The van der Waals surface area contributed by atoms with Crippen LogP contribution in [0.1, 0.15) is 47.4 Å². The highest BCUT2D eigenvalue weighted by molar-refractivity contribution is 5.96. The molecule has 18 heavy (non-hydrogen) atoms. The second kappa shape index (κ2) is 4.72. The fourth-order valence-corrected chi connectivity index (χ4v) is 2.78. The molecule has 0 radical (unpaired) electrons. The van der Waals surface area contributed by atoms with Crippen molar-refractivity contribution in [1.29, 1.82) is 0 Å². The molecule has 1 heterocycles. The van der Waals surface area contributed by atoms with Gasteiger partial charge in [-0.1, -0.05) is 12.8 Å². The zero-order chi connectivity index (χ0) is 13.3. The van der Waals surface area contributed by atoms with E-state index >= 15 is 0 Å². The summed E-state index contributed by atoms with van der Waals surface area (Å²) in [5.74, 6) is -0.117. The number of aliphatic hydroxyl groups is 1. The van der Waals surface area contributed by atoms with Crippen LogP contribution < -0.4 is 5.32 Å². The molecule has 1 aliphatic rings. The number of nitrogens with zero attached hydrogens (tertiary/aromatic N) is 2. The third-order valence-electron chi connectivity index (χ3n) is 3.98. The Morgan fingerprint density at radius 1 is 1.44 bits per heavy atom. The van der Waals surface area contributed by atoms with Gasteiger partial charge in [-0.15, -0.1) is 0 Å².